The first kappa shape index (κ1) is 17.9. The van der Waals surface area contributed by atoms with Crippen LogP contribution in [0, 0.1) is 6.92 Å². The summed E-state index contributed by atoms with van der Waals surface area (Å²) in [5, 5.41) is 6.10. The molecule has 128 valence electrons. The second-order valence-corrected chi connectivity index (χ2v) is 5.84. The first-order chi connectivity index (χ1) is 11.6. The Hall–Kier alpha value is -2.49. The summed E-state index contributed by atoms with van der Waals surface area (Å²) in [6.45, 7) is 9.16. The number of aryl methyl sites for hydroxylation is 1. The Morgan fingerprint density at radius 1 is 1.04 bits per heavy atom. The van der Waals surface area contributed by atoms with Gasteiger partial charge in [-0.25, -0.2) is 0 Å². The summed E-state index contributed by atoms with van der Waals surface area (Å²) in [6.07, 6.45) is 0. The van der Waals surface area contributed by atoms with Crippen LogP contribution in [0.15, 0.2) is 48.5 Å². The van der Waals surface area contributed by atoms with Crippen LogP contribution in [0.5, 0.6) is 0 Å². The number of anilines is 2. The van der Waals surface area contributed by atoms with Crippen molar-refractivity contribution in [3.8, 4) is 0 Å². The molecule has 1 amide bonds. The van der Waals surface area contributed by atoms with Crippen molar-refractivity contribution in [3.05, 3.63) is 59.7 Å². The maximum absolute atomic E-state index is 12.0. The van der Waals surface area contributed by atoms with Gasteiger partial charge in [-0.1, -0.05) is 29.8 Å². The molecule has 0 bridgehead atoms. The van der Waals surface area contributed by atoms with E-state index in [0.29, 0.717) is 6.54 Å². The topological polar surface area (TPSA) is 44.4 Å². The Balaban J connectivity index is 1.79. The van der Waals surface area contributed by atoms with E-state index in [1.807, 2.05) is 24.3 Å². The van der Waals surface area contributed by atoms with E-state index in [1.165, 1.54) is 11.3 Å². The lowest BCUT2D eigenvalue weighted by Gasteiger charge is -2.21. The highest BCUT2D eigenvalue weighted by Crippen LogP contribution is 2.17. The molecule has 0 heterocycles. The SMILES string of the molecule is CCN(CC)c1ccc(NCC(=O)NCc2cccc(C)c2)cc1. The number of hydrogen-bond acceptors (Lipinski definition) is 3. The van der Waals surface area contributed by atoms with Crippen molar-refractivity contribution in [1.82, 2.24) is 5.32 Å². The second kappa shape index (κ2) is 8.96. The average molecular weight is 325 g/mol. The van der Waals surface area contributed by atoms with Crippen molar-refractivity contribution in [2.45, 2.75) is 27.3 Å². The molecule has 24 heavy (non-hydrogen) atoms. The summed E-state index contributed by atoms with van der Waals surface area (Å²) in [5.41, 5.74) is 4.48. The molecule has 0 aromatic heterocycles. The summed E-state index contributed by atoms with van der Waals surface area (Å²) in [5.74, 6) is -0.00988. The molecule has 0 fully saturated rings. The van der Waals surface area contributed by atoms with E-state index in [1.54, 1.807) is 0 Å². The molecule has 0 radical (unpaired) electrons. The van der Waals surface area contributed by atoms with Crippen LogP contribution in [0.1, 0.15) is 25.0 Å². The first-order valence-corrected chi connectivity index (χ1v) is 8.53. The molecule has 0 aliphatic carbocycles. The number of rotatable bonds is 8. The minimum absolute atomic E-state index is 0.00988. The van der Waals surface area contributed by atoms with Crippen molar-refractivity contribution in [1.29, 1.82) is 0 Å². The molecule has 2 rings (SSSR count). The minimum Gasteiger partial charge on any atom is -0.376 e. The predicted molar refractivity (Wildman–Crippen MR) is 102 cm³/mol. The summed E-state index contributed by atoms with van der Waals surface area (Å²) in [7, 11) is 0. The zero-order valence-electron chi connectivity index (χ0n) is 14.8. The standard InChI is InChI=1S/C20H27N3O/c1-4-23(5-2)19-11-9-18(10-12-19)21-15-20(24)22-14-17-8-6-7-16(3)13-17/h6-13,21H,4-5,14-15H2,1-3H3,(H,22,24). The Bertz CT molecular complexity index is 648. The van der Waals surface area contributed by atoms with Crippen LogP contribution in [0.3, 0.4) is 0 Å². The van der Waals surface area contributed by atoms with Crippen LogP contribution in [-0.4, -0.2) is 25.5 Å². The molecule has 0 aliphatic heterocycles. The number of carbonyl (C=O) groups is 1. The number of nitrogens with one attached hydrogen (secondary N) is 2. The van der Waals surface area contributed by atoms with Crippen molar-refractivity contribution in [3.63, 3.8) is 0 Å². The van der Waals surface area contributed by atoms with Crippen molar-refractivity contribution >= 4 is 17.3 Å². The number of benzene rings is 2. The monoisotopic (exact) mass is 325 g/mol. The Kier molecular flexibility index (Phi) is 6.67. The maximum atomic E-state index is 12.0. The van der Waals surface area contributed by atoms with Crippen LogP contribution in [0.2, 0.25) is 0 Å². The van der Waals surface area contributed by atoms with Crippen molar-refractivity contribution in [2.75, 3.05) is 29.9 Å². The predicted octanol–water partition coefficient (Wildman–Crippen LogP) is 3.57. The quantitative estimate of drug-likeness (QED) is 0.780. The first-order valence-electron chi connectivity index (χ1n) is 8.53. The third-order valence-electron chi connectivity index (χ3n) is 4.02. The average Bonchev–Trinajstić information content (AvgIpc) is 2.60. The van der Waals surface area contributed by atoms with Crippen LogP contribution < -0.4 is 15.5 Å². The molecule has 2 aromatic carbocycles. The maximum Gasteiger partial charge on any atom is 0.239 e. The summed E-state index contributed by atoms with van der Waals surface area (Å²) >= 11 is 0. The Morgan fingerprint density at radius 2 is 1.75 bits per heavy atom. The van der Waals surface area contributed by atoms with Gasteiger partial charge in [0, 0.05) is 31.0 Å². The molecule has 0 spiro atoms. The Morgan fingerprint density at radius 3 is 2.38 bits per heavy atom. The third-order valence-corrected chi connectivity index (χ3v) is 4.02. The molecule has 0 atom stereocenters. The van der Waals surface area contributed by atoms with Crippen LogP contribution in [0.25, 0.3) is 0 Å². The fourth-order valence-corrected chi connectivity index (χ4v) is 2.65. The molecule has 0 saturated heterocycles. The van der Waals surface area contributed by atoms with Crippen molar-refractivity contribution in [2.24, 2.45) is 0 Å². The lowest BCUT2D eigenvalue weighted by atomic mass is 10.1. The number of hydrogen-bond donors (Lipinski definition) is 2. The van der Waals surface area contributed by atoms with Gasteiger partial charge >= 0.3 is 0 Å². The summed E-state index contributed by atoms with van der Waals surface area (Å²) in [6, 6.07) is 16.4. The molecular formula is C20H27N3O. The van der Waals surface area contributed by atoms with Gasteiger partial charge in [0.15, 0.2) is 0 Å². The van der Waals surface area contributed by atoms with E-state index in [-0.39, 0.29) is 12.5 Å². The van der Waals surface area contributed by atoms with Gasteiger partial charge in [-0.2, -0.15) is 0 Å². The smallest absolute Gasteiger partial charge is 0.239 e. The molecule has 2 aromatic rings. The van der Waals surface area contributed by atoms with Gasteiger partial charge in [-0.05, 0) is 50.6 Å². The molecule has 4 nitrogen and oxygen atoms in total. The third kappa shape index (κ3) is 5.30. The normalized spacial score (nSPS) is 10.3. The molecule has 0 aliphatic rings. The zero-order valence-corrected chi connectivity index (χ0v) is 14.8. The van der Waals surface area contributed by atoms with Gasteiger partial charge in [-0.3, -0.25) is 4.79 Å². The van der Waals surface area contributed by atoms with E-state index >= 15 is 0 Å². The number of amides is 1. The van der Waals surface area contributed by atoms with Crippen LogP contribution in [0.4, 0.5) is 11.4 Å². The summed E-state index contributed by atoms with van der Waals surface area (Å²) in [4.78, 5) is 14.3. The fraction of sp³-hybridized carbons (Fsp3) is 0.350. The van der Waals surface area contributed by atoms with Gasteiger partial charge in [0.05, 0.1) is 6.54 Å². The highest BCUT2D eigenvalue weighted by molar-refractivity contribution is 5.80. The fourth-order valence-electron chi connectivity index (χ4n) is 2.65. The van der Waals surface area contributed by atoms with E-state index in [2.05, 4.69) is 60.6 Å². The van der Waals surface area contributed by atoms with Gasteiger partial charge in [0.1, 0.15) is 0 Å². The number of nitrogens with zero attached hydrogens (tertiary/aromatic N) is 1. The van der Waals surface area contributed by atoms with Gasteiger partial charge < -0.3 is 15.5 Å². The van der Waals surface area contributed by atoms with Gasteiger partial charge in [0.25, 0.3) is 0 Å². The molecule has 4 heteroatoms. The lowest BCUT2D eigenvalue weighted by molar-refractivity contribution is -0.119. The van der Waals surface area contributed by atoms with Crippen molar-refractivity contribution < 1.29 is 4.79 Å². The molecule has 0 unspecified atom stereocenters. The molecule has 0 saturated carbocycles. The lowest BCUT2D eigenvalue weighted by Crippen LogP contribution is -2.29. The van der Waals surface area contributed by atoms with E-state index in [0.717, 1.165) is 24.3 Å². The molecule has 2 N–H and O–H groups in total. The van der Waals surface area contributed by atoms with E-state index < -0.39 is 0 Å². The van der Waals surface area contributed by atoms with Gasteiger partial charge in [-0.15, -0.1) is 0 Å². The number of carbonyl (C=O) groups excluding carboxylic acids is 1. The second-order valence-electron chi connectivity index (χ2n) is 5.84. The molecular weight excluding hydrogens is 298 g/mol. The van der Waals surface area contributed by atoms with Crippen LogP contribution >= 0.6 is 0 Å². The Labute approximate surface area is 144 Å². The zero-order chi connectivity index (χ0) is 17.4. The largest absolute Gasteiger partial charge is 0.376 e. The van der Waals surface area contributed by atoms with E-state index in [9.17, 15) is 4.79 Å². The highest BCUT2D eigenvalue weighted by atomic mass is 16.1. The highest BCUT2D eigenvalue weighted by Gasteiger charge is 2.04. The minimum atomic E-state index is -0.00988. The van der Waals surface area contributed by atoms with Crippen LogP contribution in [-0.2, 0) is 11.3 Å². The van der Waals surface area contributed by atoms with Gasteiger partial charge in [0.2, 0.25) is 5.91 Å². The summed E-state index contributed by atoms with van der Waals surface area (Å²) < 4.78 is 0. The van der Waals surface area contributed by atoms with E-state index in [4.69, 9.17) is 0 Å².